The smallest absolute Gasteiger partial charge is 0.335 e. The van der Waals surface area contributed by atoms with E-state index in [-0.39, 0.29) is 12.2 Å². The molecular formula is C34H28Br2N2O7. The fraction of sp³-hybridized carbons (Fsp3) is 0.147. The van der Waals surface area contributed by atoms with E-state index in [0.717, 1.165) is 20.5 Å². The number of methoxy groups -OCH3 is 1. The standard InChI is InChI=1S/C34H28Br2N2O7/c1-3-43-30-18-23(15-26-32(39)37-34(41)38(33(26)40)25-12-10-24(35)11-13-25)16-27(36)31(30)45-20-22-9-14-28(29(17-22)42-2)44-19-21-7-5-4-6-8-21/h4-18H,3,19-20H2,1-2H3,(H,37,39,41)/b26-15+. The number of rotatable bonds is 11. The van der Waals surface area contributed by atoms with Crippen LogP contribution >= 0.6 is 31.9 Å². The first-order valence-corrected chi connectivity index (χ1v) is 15.5. The summed E-state index contributed by atoms with van der Waals surface area (Å²) >= 11 is 6.89. The number of hydrogen-bond donors (Lipinski definition) is 1. The maximum Gasteiger partial charge on any atom is 0.335 e. The lowest BCUT2D eigenvalue weighted by Gasteiger charge is -2.26. The van der Waals surface area contributed by atoms with Crippen molar-refractivity contribution in [1.29, 1.82) is 0 Å². The van der Waals surface area contributed by atoms with Gasteiger partial charge in [-0.05, 0) is 94.2 Å². The van der Waals surface area contributed by atoms with Crippen LogP contribution in [0.15, 0.2) is 99.4 Å². The molecule has 230 valence electrons. The summed E-state index contributed by atoms with van der Waals surface area (Å²) in [5.41, 5.74) is 2.49. The third-order valence-corrected chi connectivity index (χ3v) is 7.80. The maximum atomic E-state index is 13.3. The molecule has 0 radical (unpaired) electrons. The molecule has 1 heterocycles. The van der Waals surface area contributed by atoms with E-state index in [1.165, 1.54) is 6.08 Å². The van der Waals surface area contributed by atoms with Crippen LogP contribution in [0.5, 0.6) is 23.0 Å². The number of amides is 4. The van der Waals surface area contributed by atoms with Crippen molar-refractivity contribution in [2.45, 2.75) is 20.1 Å². The van der Waals surface area contributed by atoms with Crippen molar-refractivity contribution in [2.75, 3.05) is 18.6 Å². The SMILES string of the molecule is CCOc1cc(/C=C2\C(=O)NC(=O)N(c3ccc(Br)cc3)C2=O)cc(Br)c1OCc1ccc(OCc2ccccc2)c(OC)c1. The van der Waals surface area contributed by atoms with Crippen molar-refractivity contribution in [3.05, 3.63) is 116 Å². The largest absolute Gasteiger partial charge is 0.493 e. The molecule has 0 unspecified atom stereocenters. The average Bonchev–Trinajstić information content (AvgIpc) is 3.03. The third kappa shape index (κ3) is 7.55. The molecule has 0 aromatic heterocycles. The number of urea groups is 1. The number of carbonyl (C=O) groups excluding carboxylic acids is 3. The zero-order valence-corrected chi connectivity index (χ0v) is 27.5. The van der Waals surface area contributed by atoms with Gasteiger partial charge in [0.15, 0.2) is 23.0 Å². The number of nitrogens with zero attached hydrogens (tertiary/aromatic N) is 1. The molecule has 0 atom stereocenters. The summed E-state index contributed by atoms with van der Waals surface area (Å²) in [6.07, 6.45) is 1.41. The molecule has 4 amide bonds. The van der Waals surface area contributed by atoms with E-state index < -0.39 is 17.8 Å². The Kier molecular flexibility index (Phi) is 10.2. The number of hydrogen-bond acceptors (Lipinski definition) is 7. The molecule has 45 heavy (non-hydrogen) atoms. The second-order valence-corrected chi connectivity index (χ2v) is 11.5. The van der Waals surface area contributed by atoms with Crippen molar-refractivity contribution in [3.8, 4) is 23.0 Å². The number of barbiturate groups is 1. The zero-order chi connectivity index (χ0) is 31.9. The van der Waals surface area contributed by atoms with Gasteiger partial charge in [-0.3, -0.25) is 14.9 Å². The minimum atomic E-state index is -0.822. The molecule has 1 N–H and O–H groups in total. The van der Waals surface area contributed by atoms with E-state index >= 15 is 0 Å². The Balaban J connectivity index is 1.35. The van der Waals surface area contributed by atoms with Gasteiger partial charge in [-0.2, -0.15) is 0 Å². The summed E-state index contributed by atoms with van der Waals surface area (Å²) in [5, 5.41) is 2.24. The lowest BCUT2D eigenvalue weighted by molar-refractivity contribution is -0.122. The Morgan fingerprint density at radius 2 is 1.51 bits per heavy atom. The fourth-order valence-corrected chi connectivity index (χ4v) is 5.37. The van der Waals surface area contributed by atoms with E-state index in [1.807, 2.05) is 55.5 Å². The number of carbonyl (C=O) groups is 3. The highest BCUT2D eigenvalue weighted by Crippen LogP contribution is 2.39. The van der Waals surface area contributed by atoms with Crippen LogP contribution in [0.25, 0.3) is 6.08 Å². The molecule has 1 fully saturated rings. The summed E-state index contributed by atoms with van der Waals surface area (Å²) in [5.74, 6) is 0.486. The Morgan fingerprint density at radius 3 is 2.22 bits per heavy atom. The molecule has 9 nitrogen and oxygen atoms in total. The zero-order valence-electron chi connectivity index (χ0n) is 24.3. The molecule has 4 aromatic carbocycles. The van der Waals surface area contributed by atoms with Crippen molar-refractivity contribution in [1.82, 2.24) is 5.32 Å². The van der Waals surface area contributed by atoms with Crippen LogP contribution in [-0.4, -0.2) is 31.6 Å². The van der Waals surface area contributed by atoms with Gasteiger partial charge in [0.1, 0.15) is 18.8 Å². The Hall–Kier alpha value is -4.61. The van der Waals surface area contributed by atoms with Crippen LogP contribution in [0, 0.1) is 0 Å². The van der Waals surface area contributed by atoms with E-state index in [4.69, 9.17) is 18.9 Å². The van der Waals surface area contributed by atoms with Crippen molar-refractivity contribution in [3.63, 3.8) is 0 Å². The summed E-state index contributed by atoms with van der Waals surface area (Å²) in [6, 6.07) is 24.6. The van der Waals surface area contributed by atoms with Crippen LogP contribution in [0.4, 0.5) is 10.5 Å². The topological polar surface area (TPSA) is 103 Å². The molecule has 0 saturated carbocycles. The molecule has 0 aliphatic carbocycles. The Morgan fingerprint density at radius 1 is 0.778 bits per heavy atom. The van der Waals surface area contributed by atoms with E-state index in [0.29, 0.717) is 51.9 Å². The van der Waals surface area contributed by atoms with Crippen LogP contribution in [0.3, 0.4) is 0 Å². The lowest BCUT2D eigenvalue weighted by atomic mass is 10.1. The molecule has 1 aliphatic heterocycles. The third-order valence-electron chi connectivity index (χ3n) is 6.68. The van der Waals surface area contributed by atoms with E-state index in [2.05, 4.69) is 37.2 Å². The van der Waals surface area contributed by atoms with Gasteiger partial charge in [-0.25, -0.2) is 9.69 Å². The molecular weight excluding hydrogens is 708 g/mol. The predicted octanol–water partition coefficient (Wildman–Crippen LogP) is 7.44. The van der Waals surface area contributed by atoms with Crippen molar-refractivity contribution >= 4 is 61.5 Å². The molecule has 1 saturated heterocycles. The lowest BCUT2D eigenvalue weighted by Crippen LogP contribution is -2.54. The molecule has 4 aromatic rings. The van der Waals surface area contributed by atoms with Gasteiger partial charge in [-0.15, -0.1) is 0 Å². The van der Waals surface area contributed by atoms with E-state index in [9.17, 15) is 14.4 Å². The maximum absolute atomic E-state index is 13.3. The van der Waals surface area contributed by atoms with Crippen molar-refractivity contribution in [2.24, 2.45) is 0 Å². The first-order chi connectivity index (χ1) is 21.8. The first kappa shape index (κ1) is 31.8. The minimum absolute atomic E-state index is 0.194. The number of ether oxygens (including phenoxy) is 4. The highest BCUT2D eigenvalue weighted by atomic mass is 79.9. The van der Waals surface area contributed by atoms with Crippen molar-refractivity contribution < 1.29 is 33.3 Å². The van der Waals surface area contributed by atoms with Crippen LogP contribution in [0.2, 0.25) is 0 Å². The number of halogens is 2. The summed E-state index contributed by atoms with van der Waals surface area (Å²) in [7, 11) is 1.58. The second kappa shape index (κ2) is 14.4. The summed E-state index contributed by atoms with van der Waals surface area (Å²) in [4.78, 5) is 39.5. The van der Waals surface area contributed by atoms with Crippen LogP contribution in [-0.2, 0) is 22.8 Å². The van der Waals surface area contributed by atoms with Gasteiger partial charge < -0.3 is 18.9 Å². The Bertz CT molecular complexity index is 1760. The first-order valence-electron chi connectivity index (χ1n) is 13.9. The molecule has 0 spiro atoms. The van der Waals surface area contributed by atoms with Gasteiger partial charge in [0.2, 0.25) is 0 Å². The predicted molar refractivity (Wildman–Crippen MR) is 177 cm³/mol. The highest BCUT2D eigenvalue weighted by Gasteiger charge is 2.37. The van der Waals surface area contributed by atoms with Gasteiger partial charge in [0, 0.05) is 4.47 Å². The highest BCUT2D eigenvalue weighted by molar-refractivity contribution is 9.10. The van der Waals surface area contributed by atoms with Crippen LogP contribution < -0.4 is 29.2 Å². The van der Waals surface area contributed by atoms with E-state index in [1.54, 1.807) is 43.5 Å². The molecule has 11 heteroatoms. The van der Waals surface area contributed by atoms with Gasteiger partial charge in [0.25, 0.3) is 11.8 Å². The van der Waals surface area contributed by atoms with Gasteiger partial charge in [0.05, 0.1) is 23.9 Å². The summed E-state index contributed by atoms with van der Waals surface area (Å²) < 4.78 is 24.9. The number of benzene rings is 4. The average molecular weight is 736 g/mol. The molecule has 0 bridgehead atoms. The Labute approximate surface area is 277 Å². The quantitative estimate of drug-likeness (QED) is 0.126. The van der Waals surface area contributed by atoms with Gasteiger partial charge in [-0.1, -0.05) is 52.3 Å². The number of imide groups is 2. The second-order valence-electron chi connectivity index (χ2n) is 9.75. The molecule has 5 rings (SSSR count). The number of nitrogens with one attached hydrogen (secondary N) is 1. The molecule has 1 aliphatic rings. The minimum Gasteiger partial charge on any atom is -0.493 e. The van der Waals surface area contributed by atoms with Crippen LogP contribution in [0.1, 0.15) is 23.6 Å². The van der Waals surface area contributed by atoms with Gasteiger partial charge >= 0.3 is 6.03 Å². The summed E-state index contributed by atoms with van der Waals surface area (Å²) in [6.45, 7) is 2.78. The fourth-order valence-electron chi connectivity index (χ4n) is 4.53. The monoisotopic (exact) mass is 734 g/mol. The number of anilines is 1. The normalized spacial score (nSPS) is 13.9.